The number of carbonyl (C=O) groups is 3. The van der Waals surface area contributed by atoms with Gasteiger partial charge in [-0.2, -0.15) is 5.26 Å². The van der Waals surface area contributed by atoms with Crippen molar-refractivity contribution in [2.45, 2.75) is 13.5 Å². The smallest absolute Gasteiger partial charge is 0.339 e. The molecule has 2 aromatic carbocycles. The minimum atomic E-state index is -0.435. The molecule has 0 aliphatic heterocycles. The van der Waals surface area contributed by atoms with E-state index in [0.717, 1.165) is 11.1 Å². The molecule has 4 aromatic heterocycles. The normalized spacial score (nSPS) is 11.0. The predicted molar refractivity (Wildman–Crippen MR) is 180 cm³/mol. The first kappa shape index (κ1) is 31.6. The van der Waals surface area contributed by atoms with Crippen LogP contribution in [0.3, 0.4) is 0 Å². The first-order valence-corrected chi connectivity index (χ1v) is 14.9. The molecule has 6 rings (SSSR count). The van der Waals surface area contributed by atoms with E-state index in [1.165, 1.54) is 25.4 Å². The van der Waals surface area contributed by atoms with Crippen molar-refractivity contribution in [2.75, 3.05) is 12.4 Å². The summed E-state index contributed by atoms with van der Waals surface area (Å²) in [5.41, 5.74) is 6.10. The Morgan fingerprint density at radius 2 is 1.94 bits per heavy atom. The zero-order valence-corrected chi connectivity index (χ0v) is 26.4. The second-order valence-electron chi connectivity index (χ2n) is 10.6. The number of halogens is 1. The van der Waals surface area contributed by atoms with Gasteiger partial charge in [0.2, 0.25) is 5.89 Å². The van der Waals surface area contributed by atoms with E-state index < -0.39 is 11.9 Å². The number of ether oxygens (including phenoxy) is 1. The lowest BCUT2D eigenvalue weighted by Crippen LogP contribution is -2.14. The Kier molecular flexibility index (Phi) is 8.91. The summed E-state index contributed by atoms with van der Waals surface area (Å²) >= 11 is 6.56. The molecule has 4 heterocycles. The lowest BCUT2D eigenvalue weighted by molar-refractivity contribution is 0.0600. The van der Waals surface area contributed by atoms with E-state index >= 15 is 0 Å². The molecule has 0 fully saturated rings. The summed E-state index contributed by atoms with van der Waals surface area (Å²) in [5, 5.41) is 13.4. The zero-order valence-electron chi connectivity index (χ0n) is 25.6. The Morgan fingerprint density at radius 3 is 2.69 bits per heavy atom. The number of nitrogens with one attached hydrogen (secondary N) is 1. The molecule has 0 saturated carbocycles. The van der Waals surface area contributed by atoms with Crippen molar-refractivity contribution >= 4 is 58.7 Å². The Morgan fingerprint density at radius 1 is 1.08 bits per heavy atom. The number of methoxy groups -OCH3 is 1. The summed E-state index contributed by atoms with van der Waals surface area (Å²) in [6, 6.07) is 17.6. The number of aldehydes is 1. The van der Waals surface area contributed by atoms with Gasteiger partial charge in [0.05, 0.1) is 35.5 Å². The Hall–Kier alpha value is -6.38. The highest BCUT2D eigenvalue weighted by Crippen LogP contribution is 2.33. The summed E-state index contributed by atoms with van der Waals surface area (Å²) in [6.45, 7) is 2.13. The van der Waals surface area contributed by atoms with Crippen LogP contribution in [0, 0.1) is 18.3 Å². The van der Waals surface area contributed by atoms with Crippen LogP contribution in [-0.2, 0) is 11.3 Å². The van der Waals surface area contributed by atoms with Gasteiger partial charge < -0.3 is 19.0 Å². The average Bonchev–Trinajstić information content (AvgIpc) is 3.75. The lowest BCUT2D eigenvalue weighted by atomic mass is 9.94. The van der Waals surface area contributed by atoms with Crippen LogP contribution >= 0.6 is 11.6 Å². The summed E-state index contributed by atoms with van der Waals surface area (Å²) in [7, 11) is 1.32. The van der Waals surface area contributed by atoms with Crippen LogP contribution in [0.25, 0.3) is 34.4 Å². The number of carbonyl (C=O) groups excluding carboxylic acids is 3. The topological polar surface area (TPSA) is 153 Å². The third-order valence-electron chi connectivity index (χ3n) is 7.55. The van der Waals surface area contributed by atoms with E-state index in [1.54, 1.807) is 65.6 Å². The third kappa shape index (κ3) is 6.46. The van der Waals surface area contributed by atoms with Gasteiger partial charge in [-0.3, -0.25) is 19.6 Å². The number of rotatable bonds is 9. The van der Waals surface area contributed by atoms with Gasteiger partial charge in [0.15, 0.2) is 11.9 Å². The van der Waals surface area contributed by atoms with E-state index in [2.05, 4.69) is 26.3 Å². The second kappa shape index (κ2) is 13.5. The minimum Gasteiger partial charge on any atom is -0.465 e. The first-order valence-electron chi connectivity index (χ1n) is 14.5. The SMILES string of the molecule is COC(=O)c1ccn(Cc2nc3cc(C=Cc4nccc(-c5cccc(NC(=O)c6ccc(C=O)cn6)c5C)c4C#N)cc(Cl)c3o2)c1. The molecule has 0 saturated heterocycles. The van der Waals surface area contributed by atoms with Crippen molar-refractivity contribution in [3.05, 3.63) is 130 Å². The number of oxazole rings is 1. The number of benzene rings is 2. The van der Waals surface area contributed by atoms with E-state index in [-0.39, 0.29) is 12.2 Å². The maximum absolute atomic E-state index is 12.9. The number of aromatic nitrogens is 4. The van der Waals surface area contributed by atoms with Gasteiger partial charge >= 0.3 is 5.97 Å². The van der Waals surface area contributed by atoms with Crippen LogP contribution in [-0.4, -0.2) is 44.8 Å². The van der Waals surface area contributed by atoms with Crippen molar-refractivity contribution in [2.24, 2.45) is 0 Å². The molecule has 0 aliphatic carbocycles. The molecule has 236 valence electrons. The molecule has 1 N–H and O–H groups in total. The maximum atomic E-state index is 12.9. The van der Waals surface area contributed by atoms with E-state index in [0.29, 0.717) is 67.5 Å². The van der Waals surface area contributed by atoms with E-state index in [9.17, 15) is 19.6 Å². The minimum absolute atomic E-state index is 0.162. The summed E-state index contributed by atoms with van der Waals surface area (Å²) in [5.74, 6) is -0.462. The van der Waals surface area contributed by atoms with Gasteiger partial charge in [0, 0.05) is 41.6 Å². The molecule has 0 unspecified atom stereocenters. The predicted octanol–water partition coefficient (Wildman–Crippen LogP) is 6.99. The zero-order chi connectivity index (χ0) is 33.8. The number of hydrogen-bond donors (Lipinski definition) is 1. The van der Waals surface area contributed by atoms with Crippen molar-refractivity contribution in [1.82, 2.24) is 19.5 Å². The fourth-order valence-electron chi connectivity index (χ4n) is 5.14. The number of amides is 1. The summed E-state index contributed by atoms with van der Waals surface area (Å²) in [4.78, 5) is 48.6. The standard InChI is InChI=1S/C36H25ClN6O5/c1-21-25(4-3-5-29(21)42-35(45)31-9-7-23(20-44)17-40-31)26-10-12-39-30(27(26)16-38)8-6-22-14-28(37)34-32(15-22)41-33(48-34)19-43-13-11-24(18-43)36(46)47-2/h3-15,17-18,20H,19H2,1-2H3,(H,42,45). The Balaban J connectivity index is 1.25. The third-order valence-corrected chi connectivity index (χ3v) is 7.83. The van der Waals surface area contributed by atoms with Crippen LogP contribution in [0.1, 0.15) is 59.5 Å². The molecular formula is C36H25ClN6O5. The van der Waals surface area contributed by atoms with Gasteiger partial charge in [-0.05, 0) is 72.2 Å². The fourth-order valence-corrected chi connectivity index (χ4v) is 5.40. The quantitative estimate of drug-likeness (QED) is 0.128. The number of esters is 1. The molecule has 12 heteroatoms. The highest BCUT2D eigenvalue weighted by molar-refractivity contribution is 6.34. The average molecular weight is 657 g/mol. The van der Waals surface area contributed by atoms with Crippen molar-refractivity contribution in [3.63, 3.8) is 0 Å². The van der Waals surface area contributed by atoms with Gasteiger partial charge in [-0.1, -0.05) is 29.8 Å². The van der Waals surface area contributed by atoms with Gasteiger partial charge in [0.25, 0.3) is 5.91 Å². The van der Waals surface area contributed by atoms with Crippen LogP contribution < -0.4 is 5.32 Å². The molecule has 6 aromatic rings. The Bertz CT molecular complexity index is 2280. The summed E-state index contributed by atoms with van der Waals surface area (Å²) < 4.78 is 12.4. The molecule has 0 bridgehead atoms. The number of pyridine rings is 2. The lowest BCUT2D eigenvalue weighted by Gasteiger charge is -2.14. The van der Waals surface area contributed by atoms with E-state index in [1.807, 2.05) is 19.1 Å². The number of nitriles is 1. The van der Waals surface area contributed by atoms with Gasteiger partial charge in [-0.25, -0.2) is 9.78 Å². The molecule has 1 amide bonds. The summed E-state index contributed by atoms with van der Waals surface area (Å²) in [6.07, 6.45) is 10.5. The van der Waals surface area contributed by atoms with Crippen LogP contribution in [0.2, 0.25) is 5.02 Å². The number of anilines is 1. The number of nitrogens with zero attached hydrogens (tertiary/aromatic N) is 5. The van der Waals surface area contributed by atoms with Crippen LogP contribution in [0.5, 0.6) is 0 Å². The molecule has 0 radical (unpaired) electrons. The highest BCUT2D eigenvalue weighted by Gasteiger charge is 2.17. The maximum Gasteiger partial charge on any atom is 0.339 e. The molecule has 48 heavy (non-hydrogen) atoms. The van der Waals surface area contributed by atoms with Crippen molar-refractivity contribution in [1.29, 1.82) is 5.26 Å². The molecule has 0 atom stereocenters. The molecular weight excluding hydrogens is 632 g/mol. The first-order chi connectivity index (χ1) is 23.3. The highest BCUT2D eigenvalue weighted by atomic mass is 35.5. The molecule has 0 aliphatic rings. The number of hydrogen-bond acceptors (Lipinski definition) is 9. The van der Waals surface area contributed by atoms with Crippen molar-refractivity contribution in [3.8, 4) is 17.2 Å². The van der Waals surface area contributed by atoms with Crippen LogP contribution in [0.4, 0.5) is 5.69 Å². The molecule has 11 nitrogen and oxygen atoms in total. The van der Waals surface area contributed by atoms with E-state index in [4.69, 9.17) is 20.8 Å². The van der Waals surface area contributed by atoms with Crippen molar-refractivity contribution < 1.29 is 23.5 Å². The van der Waals surface area contributed by atoms with Gasteiger partial charge in [0.1, 0.15) is 17.3 Å². The van der Waals surface area contributed by atoms with Crippen LogP contribution in [0.15, 0.2) is 83.8 Å². The monoisotopic (exact) mass is 656 g/mol. The fraction of sp³-hybridized carbons (Fsp3) is 0.0833. The largest absolute Gasteiger partial charge is 0.465 e. The van der Waals surface area contributed by atoms with Gasteiger partial charge in [-0.15, -0.1) is 0 Å². The molecule has 0 spiro atoms. The Labute approximate surface area is 279 Å². The second-order valence-corrected chi connectivity index (χ2v) is 11.0. The number of fused-ring (bicyclic) bond motifs is 1.